The molecule has 1 amide bonds. The number of anilines is 1. The van der Waals surface area contributed by atoms with Gasteiger partial charge in [0.1, 0.15) is 5.69 Å². The Labute approximate surface area is 115 Å². The highest BCUT2D eigenvalue weighted by molar-refractivity contribution is 7.15. The number of hydrogen-bond acceptors (Lipinski definition) is 4. The number of fused-ring (bicyclic) bond motifs is 1. The molecular formula is C13H17N3O2S. The highest BCUT2D eigenvalue weighted by Crippen LogP contribution is 2.15. The number of aryl methyl sites for hydroxylation is 1. The van der Waals surface area contributed by atoms with Crippen molar-refractivity contribution in [2.75, 3.05) is 5.32 Å². The van der Waals surface area contributed by atoms with E-state index in [1.807, 2.05) is 13.8 Å². The van der Waals surface area contributed by atoms with Gasteiger partial charge in [0.05, 0.1) is 5.69 Å². The Hall–Kier alpha value is -1.69. The van der Waals surface area contributed by atoms with E-state index in [1.165, 1.54) is 15.7 Å². The van der Waals surface area contributed by atoms with E-state index in [0.29, 0.717) is 10.7 Å². The molecule has 102 valence electrons. The first kappa shape index (κ1) is 13.7. The van der Waals surface area contributed by atoms with Gasteiger partial charge >= 0.3 is 0 Å². The minimum absolute atomic E-state index is 0.0676. The summed E-state index contributed by atoms with van der Waals surface area (Å²) in [6.07, 6.45) is 3.19. The number of nitrogens with zero attached hydrogens (tertiary/aromatic N) is 2. The van der Waals surface area contributed by atoms with Gasteiger partial charge in [-0.3, -0.25) is 14.0 Å². The second-order valence-corrected chi connectivity index (χ2v) is 5.31. The van der Waals surface area contributed by atoms with Crippen LogP contribution in [0.2, 0.25) is 0 Å². The van der Waals surface area contributed by atoms with Crippen molar-refractivity contribution in [3.05, 3.63) is 27.6 Å². The van der Waals surface area contributed by atoms with Gasteiger partial charge in [-0.05, 0) is 19.8 Å². The molecule has 2 aromatic heterocycles. The molecule has 0 aliphatic rings. The van der Waals surface area contributed by atoms with Gasteiger partial charge in [-0.15, -0.1) is 11.3 Å². The first-order valence-electron chi connectivity index (χ1n) is 6.35. The van der Waals surface area contributed by atoms with Crippen LogP contribution in [0.1, 0.15) is 32.4 Å². The minimum Gasteiger partial charge on any atom is -0.320 e. The van der Waals surface area contributed by atoms with Crippen molar-refractivity contribution < 1.29 is 4.79 Å². The molecule has 0 aliphatic carbocycles. The maximum Gasteiger partial charge on any atom is 0.282 e. The summed E-state index contributed by atoms with van der Waals surface area (Å²) in [6.45, 7) is 5.67. The number of hydrogen-bond donors (Lipinski definition) is 1. The Kier molecular flexibility index (Phi) is 3.99. The zero-order valence-electron chi connectivity index (χ0n) is 11.3. The molecule has 6 heteroatoms. The molecule has 0 saturated carbocycles. The average molecular weight is 279 g/mol. The first-order chi connectivity index (χ1) is 9.08. The molecule has 0 saturated heterocycles. The highest BCUT2D eigenvalue weighted by atomic mass is 32.1. The average Bonchev–Trinajstić information content (AvgIpc) is 2.84. The maximum atomic E-state index is 12.3. The number of carbonyl (C=O) groups is 1. The molecule has 0 fully saturated rings. The van der Waals surface area contributed by atoms with Crippen LogP contribution in [-0.2, 0) is 4.79 Å². The van der Waals surface area contributed by atoms with Gasteiger partial charge in [-0.25, -0.2) is 4.98 Å². The van der Waals surface area contributed by atoms with E-state index in [9.17, 15) is 9.59 Å². The number of amides is 1. The standard InChI is InChI=1S/C13H17N3O2S/c1-4-9(5-2)11(17)15-10-8(3)14-13-16(12(10)18)6-7-19-13/h6-7,9H,4-5H2,1-3H3,(H,15,17). The smallest absolute Gasteiger partial charge is 0.282 e. The Morgan fingerprint density at radius 2 is 2.16 bits per heavy atom. The van der Waals surface area contributed by atoms with E-state index >= 15 is 0 Å². The summed E-state index contributed by atoms with van der Waals surface area (Å²) in [5.74, 6) is -0.177. The second kappa shape index (κ2) is 5.52. The predicted molar refractivity (Wildman–Crippen MR) is 76.8 cm³/mol. The Balaban J connectivity index is 2.40. The molecule has 0 bridgehead atoms. The number of aromatic nitrogens is 2. The van der Waals surface area contributed by atoms with Crippen LogP contribution in [0, 0.1) is 12.8 Å². The molecule has 0 aliphatic heterocycles. The van der Waals surface area contributed by atoms with Crippen LogP contribution in [0.4, 0.5) is 5.69 Å². The molecule has 0 atom stereocenters. The number of rotatable bonds is 4. The van der Waals surface area contributed by atoms with Crippen LogP contribution in [0.3, 0.4) is 0 Å². The van der Waals surface area contributed by atoms with E-state index in [4.69, 9.17) is 0 Å². The summed E-state index contributed by atoms with van der Waals surface area (Å²) in [4.78, 5) is 29.3. The highest BCUT2D eigenvalue weighted by Gasteiger charge is 2.18. The monoisotopic (exact) mass is 279 g/mol. The third-order valence-electron chi connectivity index (χ3n) is 3.25. The van der Waals surface area contributed by atoms with Gasteiger partial charge in [-0.1, -0.05) is 13.8 Å². The van der Waals surface area contributed by atoms with Crippen LogP contribution >= 0.6 is 11.3 Å². The molecule has 1 N–H and O–H groups in total. The molecule has 5 nitrogen and oxygen atoms in total. The molecule has 2 heterocycles. The summed E-state index contributed by atoms with van der Waals surface area (Å²) >= 11 is 1.40. The summed E-state index contributed by atoms with van der Waals surface area (Å²) in [5.41, 5.74) is 0.627. The summed E-state index contributed by atoms with van der Waals surface area (Å²) in [7, 11) is 0. The van der Waals surface area contributed by atoms with E-state index in [0.717, 1.165) is 12.8 Å². The van der Waals surface area contributed by atoms with Crippen molar-refractivity contribution in [1.29, 1.82) is 0 Å². The molecule has 2 rings (SSSR count). The fourth-order valence-electron chi connectivity index (χ4n) is 2.01. The fourth-order valence-corrected chi connectivity index (χ4v) is 2.76. The quantitative estimate of drug-likeness (QED) is 0.935. The van der Waals surface area contributed by atoms with E-state index in [2.05, 4.69) is 10.3 Å². The second-order valence-electron chi connectivity index (χ2n) is 4.44. The molecule has 0 unspecified atom stereocenters. The van der Waals surface area contributed by atoms with Crippen molar-refractivity contribution in [2.45, 2.75) is 33.6 Å². The SMILES string of the molecule is CCC(CC)C(=O)Nc1c(C)nc2sccn2c1=O. The minimum atomic E-state index is -0.219. The zero-order valence-corrected chi connectivity index (χ0v) is 12.1. The molecule has 0 aromatic carbocycles. The van der Waals surface area contributed by atoms with Gasteiger partial charge in [0.15, 0.2) is 4.96 Å². The van der Waals surface area contributed by atoms with E-state index in [-0.39, 0.29) is 23.1 Å². The fraction of sp³-hybridized carbons (Fsp3) is 0.462. The lowest BCUT2D eigenvalue weighted by Crippen LogP contribution is -2.28. The van der Waals surface area contributed by atoms with Gasteiger partial charge in [-0.2, -0.15) is 0 Å². The third-order valence-corrected chi connectivity index (χ3v) is 4.01. The van der Waals surface area contributed by atoms with Crippen LogP contribution < -0.4 is 10.9 Å². The van der Waals surface area contributed by atoms with Crippen molar-refractivity contribution in [3.63, 3.8) is 0 Å². The number of carbonyl (C=O) groups excluding carboxylic acids is 1. The van der Waals surface area contributed by atoms with Crippen molar-refractivity contribution >= 4 is 27.9 Å². The zero-order chi connectivity index (χ0) is 14.0. The largest absolute Gasteiger partial charge is 0.320 e. The molecule has 0 spiro atoms. The molecule has 0 radical (unpaired) electrons. The van der Waals surface area contributed by atoms with Gasteiger partial charge in [0.25, 0.3) is 5.56 Å². The molecule has 2 aromatic rings. The van der Waals surface area contributed by atoms with Crippen molar-refractivity contribution in [2.24, 2.45) is 5.92 Å². The van der Waals surface area contributed by atoms with E-state index in [1.54, 1.807) is 18.5 Å². The maximum absolute atomic E-state index is 12.3. The summed E-state index contributed by atoms with van der Waals surface area (Å²) in [6, 6.07) is 0. The summed E-state index contributed by atoms with van der Waals surface area (Å²) < 4.78 is 1.46. The number of nitrogens with one attached hydrogen (secondary N) is 1. The lowest BCUT2D eigenvalue weighted by molar-refractivity contribution is -0.120. The third kappa shape index (κ3) is 2.53. The Bertz CT molecular complexity index is 655. The summed E-state index contributed by atoms with van der Waals surface area (Å²) in [5, 5.41) is 4.53. The lowest BCUT2D eigenvalue weighted by Gasteiger charge is -2.13. The molecular weight excluding hydrogens is 262 g/mol. The van der Waals surface area contributed by atoms with Gasteiger partial charge in [0.2, 0.25) is 5.91 Å². The molecule has 19 heavy (non-hydrogen) atoms. The van der Waals surface area contributed by atoms with E-state index < -0.39 is 0 Å². The first-order valence-corrected chi connectivity index (χ1v) is 7.23. The number of thiazole rings is 1. The van der Waals surface area contributed by atoms with Crippen LogP contribution in [0.25, 0.3) is 4.96 Å². The van der Waals surface area contributed by atoms with Gasteiger partial charge < -0.3 is 5.32 Å². The Morgan fingerprint density at radius 1 is 1.47 bits per heavy atom. The van der Waals surface area contributed by atoms with Gasteiger partial charge in [0, 0.05) is 17.5 Å². The van der Waals surface area contributed by atoms with Crippen LogP contribution in [-0.4, -0.2) is 15.3 Å². The Morgan fingerprint density at radius 3 is 2.79 bits per heavy atom. The normalized spacial score (nSPS) is 11.2. The predicted octanol–water partition coefficient (Wildman–Crippen LogP) is 2.44. The van der Waals surface area contributed by atoms with Crippen molar-refractivity contribution in [1.82, 2.24) is 9.38 Å². The topological polar surface area (TPSA) is 63.5 Å². The van der Waals surface area contributed by atoms with Crippen LogP contribution in [0.15, 0.2) is 16.4 Å². The van der Waals surface area contributed by atoms with Crippen molar-refractivity contribution in [3.8, 4) is 0 Å². The van der Waals surface area contributed by atoms with Crippen LogP contribution in [0.5, 0.6) is 0 Å². The lowest BCUT2D eigenvalue weighted by atomic mass is 10.0.